The van der Waals surface area contributed by atoms with Crippen molar-refractivity contribution in [3.63, 3.8) is 0 Å². The maximum absolute atomic E-state index is 12.4. The number of rotatable bonds is 7. The molecular formula is C21H26Cl2N4O5. The summed E-state index contributed by atoms with van der Waals surface area (Å²) < 4.78 is 10.9. The van der Waals surface area contributed by atoms with Crippen LogP contribution in [0.15, 0.2) is 22.7 Å². The lowest BCUT2D eigenvalue weighted by atomic mass is 9.97. The molecule has 0 unspecified atom stereocenters. The first-order valence-corrected chi connectivity index (χ1v) is 11.0. The van der Waals surface area contributed by atoms with Crippen molar-refractivity contribution in [3.05, 3.63) is 45.3 Å². The summed E-state index contributed by atoms with van der Waals surface area (Å²) in [5, 5.41) is 22.8. The predicted molar refractivity (Wildman–Crippen MR) is 120 cm³/mol. The smallest absolute Gasteiger partial charge is 0.319 e. The molecular weight excluding hydrogens is 459 g/mol. The third-order valence-electron chi connectivity index (χ3n) is 5.27. The van der Waals surface area contributed by atoms with Crippen LogP contribution in [0.4, 0.5) is 10.5 Å². The Morgan fingerprint density at radius 2 is 2.00 bits per heavy atom. The zero-order valence-electron chi connectivity index (χ0n) is 17.8. The van der Waals surface area contributed by atoms with E-state index in [0.717, 1.165) is 5.56 Å². The lowest BCUT2D eigenvalue weighted by molar-refractivity contribution is -0.130. The van der Waals surface area contributed by atoms with Crippen molar-refractivity contribution in [1.82, 2.24) is 15.8 Å². The van der Waals surface area contributed by atoms with E-state index in [1.165, 1.54) is 0 Å². The van der Waals surface area contributed by atoms with Gasteiger partial charge in [-0.15, -0.1) is 0 Å². The van der Waals surface area contributed by atoms with Gasteiger partial charge in [-0.25, -0.2) is 4.79 Å². The summed E-state index contributed by atoms with van der Waals surface area (Å²) in [6.45, 7) is 3.46. The Hall–Kier alpha value is -2.33. The summed E-state index contributed by atoms with van der Waals surface area (Å²) in [4.78, 5) is 24.7. The van der Waals surface area contributed by atoms with Gasteiger partial charge in [0.05, 0.1) is 35.2 Å². The molecule has 1 aliphatic heterocycles. The topological polar surface area (TPSA) is 126 Å². The molecule has 1 aromatic heterocycles. The Morgan fingerprint density at radius 3 is 2.66 bits per heavy atom. The number of halogens is 2. The second-order valence-electron chi connectivity index (χ2n) is 7.69. The van der Waals surface area contributed by atoms with E-state index >= 15 is 0 Å². The Kier molecular flexibility index (Phi) is 8.36. The molecule has 174 valence electrons. The van der Waals surface area contributed by atoms with Crippen LogP contribution in [0.2, 0.25) is 10.0 Å². The van der Waals surface area contributed by atoms with E-state index in [9.17, 15) is 14.7 Å². The summed E-state index contributed by atoms with van der Waals surface area (Å²) in [7, 11) is 0. The number of hydrogen-bond acceptors (Lipinski definition) is 6. The summed E-state index contributed by atoms with van der Waals surface area (Å²) in [5.74, 6) is 0.323. The van der Waals surface area contributed by atoms with Gasteiger partial charge >= 0.3 is 6.03 Å². The molecule has 3 rings (SSSR count). The fourth-order valence-corrected chi connectivity index (χ4v) is 3.88. The monoisotopic (exact) mass is 484 g/mol. The first-order chi connectivity index (χ1) is 15.3. The molecule has 32 heavy (non-hydrogen) atoms. The number of nitrogens with zero attached hydrogens (tertiary/aromatic N) is 1. The van der Waals surface area contributed by atoms with Crippen LogP contribution in [0.3, 0.4) is 0 Å². The van der Waals surface area contributed by atoms with E-state index in [2.05, 4.69) is 21.1 Å². The van der Waals surface area contributed by atoms with E-state index in [0.29, 0.717) is 46.6 Å². The van der Waals surface area contributed by atoms with Crippen molar-refractivity contribution in [2.75, 3.05) is 11.9 Å². The summed E-state index contributed by atoms with van der Waals surface area (Å²) in [6.07, 6.45) is 0.296. The molecule has 2 heterocycles. The van der Waals surface area contributed by atoms with Crippen molar-refractivity contribution in [2.24, 2.45) is 0 Å². The molecule has 3 atom stereocenters. The SMILES string of the molecule is Cc1noc(C)c1NC(=O)N[C@H]1CC[C@H](CC(=O)NCc2ccc(Cl)c(Cl)c2)O[C@H]1CO. The van der Waals surface area contributed by atoms with Gasteiger partial charge in [0.2, 0.25) is 5.91 Å². The molecule has 11 heteroatoms. The molecule has 0 spiro atoms. The third-order valence-corrected chi connectivity index (χ3v) is 6.01. The van der Waals surface area contributed by atoms with E-state index in [1.54, 1.807) is 32.0 Å². The van der Waals surface area contributed by atoms with Crippen LogP contribution >= 0.6 is 23.2 Å². The van der Waals surface area contributed by atoms with Gasteiger partial charge < -0.3 is 30.3 Å². The highest BCUT2D eigenvalue weighted by Gasteiger charge is 2.33. The molecule has 1 aliphatic rings. The van der Waals surface area contributed by atoms with E-state index in [1.807, 2.05) is 0 Å². The quantitative estimate of drug-likeness (QED) is 0.477. The van der Waals surface area contributed by atoms with Crippen LogP contribution < -0.4 is 16.0 Å². The van der Waals surface area contributed by atoms with Gasteiger partial charge in [-0.05, 0) is 44.4 Å². The van der Waals surface area contributed by atoms with E-state index in [-0.39, 0.29) is 25.0 Å². The van der Waals surface area contributed by atoms with Gasteiger partial charge in [-0.3, -0.25) is 4.79 Å². The number of hydrogen-bond donors (Lipinski definition) is 4. The molecule has 0 radical (unpaired) electrons. The molecule has 1 fully saturated rings. The number of aliphatic hydroxyl groups is 1. The van der Waals surface area contributed by atoms with Gasteiger partial charge in [-0.2, -0.15) is 0 Å². The van der Waals surface area contributed by atoms with Crippen molar-refractivity contribution in [2.45, 2.75) is 57.9 Å². The number of nitrogens with one attached hydrogen (secondary N) is 3. The standard InChI is InChI=1S/C21H26Cl2N4O5/c1-11-20(12(2)32-27-11)26-21(30)25-17-6-4-14(31-18(17)10-28)8-19(29)24-9-13-3-5-15(22)16(23)7-13/h3,5,7,14,17-18,28H,4,6,8-10H2,1-2H3,(H,24,29)(H2,25,26,30)/t14-,17+,18+/m1/s1. The van der Waals surface area contributed by atoms with Crippen molar-refractivity contribution >= 4 is 40.8 Å². The minimum Gasteiger partial charge on any atom is -0.394 e. The minimum atomic E-state index is -0.618. The zero-order chi connectivity index (χ0) is 23.3. The van der Waals surface area contributed by atoms with Crippen molar-refractivity contribution in [3.8, 4) is 0 Å². The van der Waals surface area contributed by atoms with Crippen LogP contribution in [-0.4, -0.2) is 47.1 Å². The van der Waals surface area contributed by atoms with Gasteiger partial charge in [0, 0.05) is 6.54 Å². The molecule has 9 nitrogen and oxygen atoms in total. The number of carbonyl (C=O) groups is 2. The summed E-state index contributed by atoms with van der Waals surface area (Å²) in [6, 6.07) is 4.33. The first-order valence-electron chi connectivity index (χ1n) is 10.2. The Morgan fingerprint density at radius 1 is 1.22 bits per heavy atom. The molecule has 2 aromatic rings. The largest absolute Gasteiger partial charge is 0.394 e. The van der Waals surface area contributed by atoms with E-state index in [4.69, 9.17) is 32.5 Å². The maximum Gasteiger partial charge on any atom is 0.319 e. The van der Waals surface area contributed by atoms with Crippen LogP contribution in [0.25, 0.3) is 0 Å². The molecule has 1 aromatic carbocycles. The molecule has 1 saturated heterocycles. The first kappa shape index (κ1) is 24.3. The number of aryl methyl sites for hydroxylation is 2. The highest BCUT2D eigenvalue weighted by Crippen LogP contribution is 2.24. The normalized spacial score (nSPS) is 20.6. The lowest BCUT2D eigenvalue weighted by Gasteiger charge is -2.35. The van der Waals surface area contributed by atoms with Crippen LogP contribution in [0.1, 0.15) is 36.3 Å². The van der Waals surface area contributed by atoms with Crippen LogP contribution in [-0.2, 0) is 16.1 Å². The summed E-state index contributed by atoms with van der Waals surface area (Å²) >= 11 is 11.9. The van der Waals surface area contributed by atoms with E-state index < -0.39 is 18.2 Å². The molecule has 0 aliphatic carbocycles. The van der Waals surface area contributed by atoms with Crippen LogP contribution in [0.5, 0.6) is 0 Å². The van der Waals surface area contributed by atoms with Gasteiger partial charge in [-0.1, -0.05) is 34.4 Å². The Labute approximate surface area is 195 Å². The number of amides is 3. The molecule has 0 bridgehead atoms. The lowest BCUT2D eigenvalue weighted by Crippen LogP contribution is -2.52. The second kappa shape index (κ2) is 11.0. The van der Waals surface area contributed by atoms with Crippen molar-refractivity contribution in [1.29, 1.82) is 0 Å². The highest BCUT2D eigenvalue weighted by atomic mass is 35.5. The second-order valence-corrected chi connectivity index (χ2v) is 8.50. The third kappa shape index (κ3) is 6.35. The Balaban J connectivity index is 1.46. The van der Waals surface area contributed by atoms with Gasteiger partial charge in [0.15, 0.2) is 5.76 Å². The predicted octanol–water partition coefficient (Wildman–Crippen LogP) is 3.33. The van der Waals surface area contributed by atoms with Crippen molar-refractivity contribution < 1.29 is 24.0 Å². The number of ether oxygens (including phenoxy) is 1. The number of anilines is 1. The average molecular weight is 485 g/mol. The fourth-order valence-electron chi connectivity index (χ4n) is 3.56. The van der Waals surface area contributed by atoms with Gasteiger partial charge in [0.25, 0.3) is 0 Å². The maximum atomic E-state index is 12.4. The average Bonchev–Trinajstić information content (AvgIpc) is 3.07. The van der Waals surface area contributed by atoms with Crippen LogP contribution in [0, 0.1) is 13.8 Å². The zero-order valence-corrected chi connectivity index (χ0v) is 19.3. The summed E-state index contributed by atoms with van der Waals surface area (Å²) in [5.41, 5.74) is 1.92. The minimum absolute atomic E-state index is 0.149. The molecule has 4 N–H and O–H groups in total. The number of aromatic nitrogens is 1. The van der Waals surface area contributed by atoms with Gasteiger partial charge in [0.1, 0.15) is 17.5 Å². The highest BCUT2D eigenvalue weighted by molar-refractivity contribution is 6.42. The fraction of sp³-hybridized carbons (Fsp3) is 0.476. The number of benzene rings is 1. The molecule has 3 amide bonds. The number of carbonyl (C=O) groups excluding carboxylic acids is 2. The number of aliphatic hydroxyl groups excluding tert-OH is 1. The molecule has 0 saturated carbocycles. The number of urea groups is 1. The Bertz CT molecular complexity index is 948.